The van der Waals surface area contributed by atoms with E-state index in [1.807, 2.05) is 0 Å². The molecule has 1 aliphatic rings. The molecule has 2 aromatic rings. The molecule has 1 saturated carbocycles. The lowest BCUT2D eigenvalue weighted by Gasteiger charge is -2.38. The Morgan fingerprint density at radius 3 is 2.94 bits per heavy atom. The summed E-state index contributed by atoms with van der Waals surface area (Å²) in [5, 5.41) is 1.18. The van der Waals surface area contributed by atoms with Gasteiger partial charge in [0.1, 0.15) is 17.0 Å². The summed E-state index contributed by atoms with van der Waals surface area (Å²) in [6, 6.07) is 2.80. The molecule has 0 amide bonds. The summed E-state index contributed by atoms with van der Waals surface area (Å²) in [5.74, 6) is 1.71. The third-order valence-corrected chi connectivity index (χ3v) is 4.67. The van der Waals surface area contributed by atoms with Crippen LogP contribution in [0.3, 0.4) is 0 Å². The standard InChI is InChI=1S/C13H16ClN3S/c1-9-7-11-12(15-8-16-13(11)18-9)17(6-5-14)10-3-2-4-10/h7-8,10H,2-6H2,1H3. The van der Waals surface area contributed by atoms with E-state index >= 15 is 0 Å². The number of halogens is 1. The highest BCUT2D eigenvalue weighted by atomic mass is 35.5. The zero-order valence-electron chi connectivity index (χ0n) is 10.4. The van der Waals surface area contributed by atoms with Crippen molar-refractivity contribution < 1.29 is 0 Å². The lowest BCUT2D eigenvalue weighted by molar-refractivity contribution is 0.389. The van der Waals surface area contributed by atoms with Crippen LogP contribution in [0.1, 0.15) is 24.1 Å². The molecule has 0 aliphatic heterocycles. The summed E-state index contributed by atoms with van der Waals surface area (Å²) >= 11 is 7.67. The maximum Gasteiger partial charge on any atom is 0.141 e. The van der Waals surface area contributed by atoms with Crippen LogP contribution in [0, 0.1) is 6.92 Å². The van der Waals surface area contributed by atoms with Crippen molar-refractivity contribution >= 4 is 39.0 Å². The van der Waals surface area contributed by atoms with Crippen LogP contribution in [0.25, 0.3) is 10.2 Å². The predicted molar refractivity (Wildman–Crippen MR) is 77.9 cm³/mol. The number of fused-ring (bicyclic) bond motifs is 1. The Morgan fingerprint density at radius 2 is 2.28 bits per heavy atom. The number of hydrogen-bond acceptors (Lipinski definition) is 4. The molecule has 96 valence electrons. The Hall–Kier alpha value is -0.870. The molecule has 2 aromatic heterocycles. The van der Waals surface area contributed by atoms with Crippen LogP contribution in [0.15, 0.2) is 12.4 Å². The number of nitrogens with zero attached hydrogens (tertiary/aromatic N) is 3. The lowest BCUT2D eigenvalue weighted by Crippen LogP contribution is -2.42. The Bertz CT molecular complexity index is 550. The molecule has 3 rings (SSSR count). The van der Waals surface area contributed by atoms with Crippen molar-refractivity contribution in [3.05, 3.63) is 17.3 Å². The van der Waals surface area contributed by atoms with Crippen molar-refractivity contribution in [3.63, 3.8) is 0 Å². The van der Waals surface area contributed by atoms with Crippen molar-refractivity contribution in [2.75, 3.05) is 17.3 Å². The first-order valence-corrected chi connectivity index (χ1v) is 7.68. The molecule has 0 bridgehead atoms. The fraction of sp³-hybridized carbons (Fsp3) is 0.538. The summed E-state index contributed by atoms with van der Waals surface area (Å²) < 4.78 is 0. The molecule has 0 saturated heterocycles. The Labute approximate surface area is 116 Å². The average Bonchev–Trinajstić information content (AvgIpc) is 2.66. The first kappa shape index (κ1) is 12.2. The van der Waals surface area contributed by atoms with Crippen molar-refractivity contribution in [2.45, 2.75) is 32.2 Å². The quantitative estimate of drug-likeness (QED) is 0.802. The van der Waals surface area contributed by atoms with Gasteiger partial charge in [-0.05, 0) is 32.3 Å². The SMILES string of the molecule is Cc1cc2c(N(CCCl)C3CCC3)ncnc2s1. The number of aryl methyl sites for hydroxylation is 1. The summed E-state index contributed by atoms with van der Waals surface area (Å²) in [6.07, 6.45) is 5.50. The van der Waals surface area contributed by atoms with Gasteiger partial charge in [0.25, 0.3) is 0 Å². The third-order valence-electron chi connectivity index (χ3n) is 3.54. The second kappa shape index (κ2) is 5.02. The molecule has 0 aromatic carbocycles. The minimum Gasteiger partial charge on any atom is -0.352 e. The van der Waals surface area contributed by atoms with Crippen molar-refractivity contribution in [3.8, 4) is 0 Å². The van der Waals surface area contributed by atoms with Gasteiger partial charge in [0.15, 0.2) is 0 Å². The number of anilines is 1. The zero-order chi connectivity index (χ0) is 12.5. The van der Waals surface area contributed by atoms with Crippen molar-refractivity contribution in [1.29, 1.82) is 0 Å². The van der Waals surface area contributed by atoms with Crippen LogP contribution < -0.4 is 4.90 Å². The highest BCUT2D eigenvalue weighted by Crippen LogP contribution is 2.34. The van der Waals surface area contributed by atoms with Crippen LogP contribution in [-0.2, 0) is 0 Å². The maximum absolute atomic E-state index is 5.95. The highest BCUT2D eigenvalue weighted by molar-refractivity contribution is 7.18. The third kappa shape index (κ3) is 2.08. The first-order chi connectivity index (χ1) is 8.79. The van der Waals surface area contributed by atoms with Gasteiger partial charge < -0.3 is 4.90 Å². The van der Waals surface area contributed by atoms with Crippen molar-refractivity contribution in [1.82, 2.24) is 9.97 Å². The second-order valence-corrected chi connectivity index (χ2v) is 6.35. The van der Waals surface area contributed by atoms with E-state index < -0.39 is 0 Å². The molecule has 0 radical (unpaired) electrons. The predicted octanol–water partition coefficient (Wildman–Crippen LogP) is 3.60. The van der Waals surface area contributed by atoms with Gasteiger partial charge in [0, 0.05) is 23.3 Å². The fourth-order valence-corrected chi connectivity index (χ4v) is 3.47. The van der Waals surface area contributed by atoms with Crippen LogP contribution in [-0.4, -0.2) is 28.4 Å². The van der Waals surface area contributed by atoms with Crippen molar-refractivity contribution in [2.24, 2.45) is 0 Å². The monoisotopic (exact) mass is 281 g/mol. The molecule has 0 unspecified atom stereocenters. The van der Waals surface area contributed by atoms with Crippen LogP contribution in [0.4, 0.5) is 5.82 Å². The van der Waals surface area contributed by atoms with Crippen LogP contribution in [0.5, 0.6) is 0 Å². The van der Waals surface area contributed by atoms with E-state index in [9.17, 15) is 0 Å². The number of aromatic nitrogens is 2. The fourth-order valence-electron chi connectivity index (χ4n) is 2.44. The van der Waals surface area contributed by atoms with Crippen LogP contribution >= 0.6 is 22.9 Å². The molecule has 1 aliphatic carbocycles. The van der Waals surface area contributed by atoms with E-state index in [0.717, 1.165) is 17.2 Å². The second-order valence-electron chi connectivity index (χ2n) is 4.74. The van der Waals surface area contributed by atoms with Gasteiger partial charge in [-0.3, -0.25) is 0 Å². The molecule has 5 heteroatoms. The molecule has 0 spiro atoms. The van der Waals surface area contributed by atoms with E-state index in [0.29, 0.717) is 11.9 Å². The number of alkyl halides is 1. The molecule has 0 N–H and O–H groups in total. The normalized spacial score (nSPS) is 15.9. The zero-order valence-corrected chi connectivity index (χ0v) is 12.0. The minimum atomic E-state index is 0.613. The van der Waals surface area contributed by atoms with Gasteiger partial charge in [-0.2, -0.15) is 0 Å². The molecule has 2 heterocycles. The molecule has 18 heavy (non-hydrogen) atoms. The van der Waals surface area contributed by atoms with E-state index in [-0.39, 0.29) is 0 Å². The topological polar surface area (TPSA) is 29.0 Å². The van der Waals surface area contributed by atoms with Gasteiger partial charge in [0.05, 0.1) is 5.39 Å². The Balaban J connectivity index is 2.04. The molecule has 1 fully saturated rings. The van der Waals surface area contributed by atoms with Gasteiger partial charge in [-0.1, -0.05) is 0 Å². The Morgan fingerprint density at radius 1 is 1.44 bits per heavy atom. The minimum absolute atomic E-state index is 0.613. The number of rotatable bonds is 4. The number of hydrogen-bond donors (Lipinski definition) is 0. The van der Waals surface area contributed by atoms with Gasteiger partial charge in [-0.25, -0.2) is 9.97 Å². The average molecular weight is 282 g/mol. The molecule has 0 atom stereocenters. The highest BCUT2D eigenvalue weighted by Gasteiger charge is 2.27. The smallest absolute Gasteiger partial charge is 0.141 e. The largest absolute Gasteiger partial charge is 0.352 e. The maximum atomic E-state index is 5.95. The van der Waals surface area contributed by atoms with E-state index in [1.165, 1.54) is 29.5 Å². The van der Waals surface area contributed by atoms with E-state index in [2.05, 4.69) is 27.9 Å². The summed E-state index contributed by atoms with van der Waals surface area (Å²) in [7, 11) is 0. The lowest BCUT2D eigenvalue weighted by atomic mass is 9.91. The molecular weight excluding hydrogens is 266 g/mol. The first-order valence-electron chi connectivity index (χ1n) is 6.33. The Kier molecular flexibility index (Phi) is 3.39. The van der Waals surface area contributed by atoms with Crippen LogP contribution in [0.2, 0.25) is 0 Å². The van der Waals surface area contributed by atoms with Gasteiger partial charge in [0.2, 0.25) is 0 Å². The van der Waals surface area contributed by atoms with Gasteiger partial charge in [-0.15, -0.1) is 22.9 Å². The summed E-state index contributed by atoms with van der Waals surface area (Å²) in [5.41, 5.74) is 0. The molecular formula is C13H16ClN3S. The summed E-state index contributed by atoms with van der Waals surface area (Å²) in [4.78, 5) is 13.6. The van der Waals surface area contributed by atoms with Gasteiger partial charge >= 0.3 is 0 Å². The molecule has 3 nitrogen and oxygen atoms in total. The van der Waals surface area contributed by atoms with E-state index in [1.54, 1.807) is 17.7 Å². The summed E-state index contributed by atoms with van der Waals surface area (Å²) in [6.45, 7) is 2.98. The van der Waals surface area contributed by atoms with E-state index in [4.69, 9.17) is 11.6 Å². The number of thiophene rings is 1.